The zero-order chi connectivity index (χ0) is 14.4. The molecule has 20 heavy (non-hydrogen) atoms. The zero-order valence-electron chi connectivity index (χ0n) is 11.2. The topological polar surface area (TPSA) is 90.8 Å². The van der Waals surface area contributed by atoms with Crippen molar-refractivity contribution in [2.24, 2.45) is 5.92 Å². The summed E-state index contributed by atoms with van der Waals surface area (Å²) in [5, 5.41) is 12.2. The van der Waals surface area contributed by atoms with Crippen LogP contribution in [0.5, 0.6) is 0 Å². The molecule has 0 aromatic heterocycles. The second-order valence-electron chi connectivity index (χ2n) is 4.84. The molecule has 1 atom stereocenters. The maximum atomic E-state index is 11.1. The van der Waals surface area contributed by atoms with Gasteiger partial charge in [-0.3, -0.25) is 0 Å². The molecule has 0 radical (unpaired) electrons. The van der Waals surface area contributed by atoms with Crippen molar-refractivity contribution in [2.45, 2.75) is 24.3 Å². The Morgan fingerprint density at radius 2 is 2.10 bits per heavy atom. The van der Waals surface area contributed by atoms with E-state index in [1.165, 1.54) is 0 Å². The van der Waals surface area contributed by atoms with Gasteiger partial charge >= 0.3 is 0 Å². The van der Waals surface area contributed by atoms with E-state index in [0.717, 1.165) is 43.9 Å². The standard InChI is InChI=1S/C13H20N2O4S/c16-15-9-11-7-12(20(17)18)1-2-13(11)14-8-10-3-5-19-6-4-10/h1-2,7,10,14-16H,3-6,8-9H2,(H,17,18). The van der Waals surface area contributed by atoms with E-state index in [0.29, 0.717) is 10.8 Å². The highest BCUT2D eigenvalue weighted by molar-refractivity contribution is 7.79. The lowest BCUT2D eigenvalue weighted by atomic mass is 10.00. The SMILES string of the molecule is O=S(O)c1ccc(NCC2CCOCC2)c(CNO)c1. The number of rotatable bonds is 6. The number of hydrogen-bond acceptors (Lipinski definition) is 5. The van der Waals surface area contributed by atoms with Gasteiger partial charge in [-0.15, -0.1) is 0 Å². The van der Waals surface area contributed by atoms with E-state index in [4.69, 9.17) is 14.5 Å². The van der Waals surface area contributed by atoms with Crippen LogP contribution in [0.15, 0.2) is 23.1 Å². The molecular weight excluding hydrogens is 280 g/mol. The Morgan fingerprint density at radius 1 is 1.35 bits per heavy atom. The molecule has 0 spiro atoms. The molecule has 0 saturated carbocycles. The maximum absolute atomic E-state index is 11.1. The van der Waals surface area contributed by atoms with Gasteiger partial charge in [-0.05, 0) is 42.5 Å². The highest BCUT2D eigenvalue weighted by atomic mass is 32.2. The summed E-state index contributed by atoms with van der Waals surface area (Å²) in [6.07, 6.45) is 2.08. The molecule has 7 heteroatoms. The lowest BCUT2D eigenvalue weighted by molar-refractivity contribution is 0.0699. The predicted molar refractivity (Wildman–Crippen MR) is 76.1 cm³/mol. The summed E-state index contributed by atoms with van der Waals surface area (Å²) < 4.78 is 25.5. The van der Waals surface area contributed by atoms with Crippen LogP contribution in [-0.2, 0) is 22.4 Å². The van der Waals surface area contributed by atoms with Gasteiger partial charge < -0.3 is 19.8 Å². The molecular formula is C13H20N2O4S. The van der Waals surface area contributed by atoms with Crippen LogP contribution < -0.4 is 10.8 Å². The van der Waals surface area contributed by atoms with Gasteiger partial charge in [0.1, 0.15) is 0 Å². The summed E-state index contributed by atoms with van der Waals surface area (Å²) in [5.74, 6) is 0.574. The van der Waals surface area contributed by atoms with E-state index >= 15 is 0 Å². The van der Waals surface area contributed by atoms with Crippen LogP contribution in [-0.4, -0.2) is 33.7 Å². The van der Waals surface area contributed by atoms with Crippen molar-refractivity contribution in [3.8, 4) is 0 Å². The molecule has 0 aliphatic carbocycles. The van der Waals surface area contributed by atoms with E-state index in [1.807, 2.05) is 0 Å². The fraction of sp³-hybridized carbons (Fsp3) is 0.538. The Balaban J connectivity index is 2.03. The van der Waals surface area contributed by atoms with Crippen LogP contribution >= 0.6 is 0 Å². The Hall–Kier alpha value is -0.990. The number of benzene rings is 1. The van der Waals surface area contributed by atoms with Crippen LogP contribution in [0.2, 0.25) is 0 Å². The molecule has 112 valence electrons. The smallest absolute Gasteiger partial charge is 0.186 e. The highest BCUT2D eigenvalue weighted by Gasteiger charge is 2.14. The van der Waals surface area contributed by atoms with Crippen molar-refractivity contribution < 1.29 is 18.7 Å². The molecule has 2 rings (SSSR count). The summed E-state index contributed by atoms with van der Waals surface area (Å²) in [4.78, 5) is 0.326. The first-order valence-corrected chi connectivity index (χ1v) is 7.73. The van der Waals surface area contributed by atoms with Gasteiger partial charge in [0.15, 0.2) is 11.1 Å². The van der Waals surface area contributed by atoms with Crippen LogP contribution in [0.3, 0.4) is 0 Å². The molecule has 1 aliphatic rings. The highest BCUT2D eigenvalue weighted by Crippen LogP contribution is 2.21. The normalized spacial score (nSPS) is 17.9. The quantitative estimate of drug-likeness (QED) is 0.471. The average Bonchev–Trinajstić information content (AvgIpc) is 2.47. The molecule has 1 aromatic carbocycles. The lowest BCUT2D eigenvalue weighted by Crippen LogP contribution is -2.23. The van der Waals surface area contributed by atoms with E-state index < -0.39 is 11.1 Å². The number of anilines is 1. The molecule has 1 aliphatic heterocycles. The molecule has 4 N–H and O–H groups in total. The minimum atomic E-state index is -2.01. The third kappa shape index (κ3) is 4.26. The number of hydroxylamine groups is 1. The van der Waals surface area contributed by atoms with Crippen molar-refractivity contribution in [3.05, 3.63) is 23.8 Å². The van der Waals surface area contributed by atoms with Gasteiger partial charge in [0.25, 0.3) is 0 Å². The van der Waals surface area contributed by atoms with Crippen molar-refractivity contribution in [2.75, 3.05) is 25.1 Å². The maximum Gasteiger partial charge on any atom is 0.186 e. The van der Waals surface area contributed by atoms with Gasteiger partial charge in [-0.1, -0.05) is 0 Å². The molecule has 0 amide bonds. The van der Waals surface area contributed by atoms with E-state index in [1.54, 1.807) is 18.2 Å². The second kappa shape index (κ2) is 7.70. The van der Waals surface area contributed by atoms with Crippen molar-refractivity contribution in [1.82, 2.24) is 5.48 Å². The Kier molecular flexibility index (Phi) is 5.93. The van der Waals surface area contributed by atoms with Crippen LogP contribution in [0.4, 0.5) is 5.69 Å². The van der Waals surface area contributed by atoms with Crippen LogP contribution in [0.1, 0.15) is 18.4 Å². The second-order valence-corrected chi connectivity index (χ2v) is 5.81. The minimum absolute atomic E-state index is 0.223. The van der Waals surface area contributed by atoms with Crippen molar-refractivity contribution in [1.29, 1.82) is 0 Å². The summed E-state index contributed by atoms with van der Waals surface area (Å²) in [5.41, 5.74) is 3.72. The Labute approximate surface area is 120 Å². The molecule has 1 saturated heterocycles. The first-order chi connectivity index (χ1) is 9.70. The number of nitrogens with one attached hydrogen (secondary N) is 2. The summed E-state index contributed by atoms with van der Waals surface area (Å²) in [6.45, 7) is 2.67. The van der Waals surface area contributed by atoms with E-state index in [9.17, 15) is 4.21 Å². The van der Waals surface area contributed by atoms with Crippen LogP contribution in [0.25, 0.3) is 0 Å². The van der Waals surface area contributed by atoms with E-state index in [2.05, 4.69) is 10.8 Å². The number of hydrogen-bond donors (Lipinski definition) is 4. The van der Waals surface area contributed by atoms with Gasteiger partial charge in [0, 0.05) is 32.0 Å². The van der Waals surface area contributed by atoms with Gasteiger partial charge in [0.2, 0.25) is 0 Å². The molecule has 0 bridgehead atoms. The average molecular weight is 300 g/mol. The lowest BCUT2D eigenvalue weighted by Gasteiger charge is -2.23. The fourth-order valence-electron chi connectivity index (χ4n) is 2.29. The minimum Gasteiger partial charge on any atom is -0.385 e. The van der Waals surface area contributed by atoms with Crippen LogP contribution in [0, 0.1) is 5.92 Å². The summed E-state index contributed by atoms with van der Waals surface area (Å²) in [7, 11) is 0. The third-order valence-corrected chi connectivity index (χ3v) is 4.13. The molecule has 1 aromatic rings. The van der Waals surface area contributed by atoms with Crippen molar-refractivity contribution >= 4 is 16.8 Å². The monoisotopic (exact) mass is 300 g/mol. The summed E-state index contributed by atoms with van der Waals surface area (Å²) in [6, 6.07) is 5.00. The van der Waals surface area contributed by atoms with Gasteiger partial charge in [0.05, 0.1) is 4.90 Å². The summed E-state index contributed by atoms with van der Waals surface area (Å²) >= 11 is -2.01. The Bertz CT molecular complexity index is 464. The van der Waals surface area contributed by atoms with E-state index in [-0.39, 0.29) is 6.54 Å². The first-order valence-electron chi connectivity index (χ1n) is 6.63. The first kappa shape index (κ1) is 15.4. The number of ether oxygens (including phenoxy) is 1. The molecule has 6 nitrogen and oxygen atoms in total. The third-order valence-electron chi connectivity index (χ3n) is 3.47. The van der Waals surface area contributed by atoms with Gasteiger partial charge in [-0.25, -0.2) is 9.69 Å². The van der Waals surface area contributed by atoms with Crippen molar-refractivity contribution in [3.63, 3.8) is 0 Å². The molecule has 1 fully saturated rings. The predicted octanol–water partition coefficient (Wildman–Crippen LogP) is 1.58. The Morgan fingerprint density at radius 3 is 2.75 bits per heavy atom. The largest absolute Gasteiger partial charge is 0.385 e. The zero-order valence-corrected chi connectivity index (χ0v) is 12.0. The fourth-order valence-corrected chi connectivity index (χ4v) is 2.71. The molecule has 1 heterocycles. The molecule has 1 unspecified atom stereocenters. The van der Waals surface area contributed by atoms with Gasteiger partial charge in [-0.2, -0.15) is 0 Å².